The van der Waals surface area contributed by atoms with Crippen LogP contribution in [0.15, 0.2) is 54.6 Å². The summed E-state index contributed by atoms with van der Waals surface area (Å²) in [6.07, 6.45) is 3.80. The summed E-state index contributed by atoms with van der Waals surface area (Å²) >= 11 is 0.00234. The van der Waals surface area contributed by atoms with E-state index in [1.165, 1.54) is 32.0 Å². The topological polar surface area (TPSA) is 0 Å². The molecule has 0 aliphatic carbocycles. The van der Waals surface area contributed by atoms with Crippen molar-refractivity contribution in [2.45, 2.75) is 26.2 Å². The second-order valence-corrected chi connectivity index (χ2v) is 7.15. The summed E-state index contributed by atoms with van der Waals surface area (Å²) in [4.78, 5) is 0. The zero-order valence-corrected chi connectivity index (χ0v) is 12.4. The number of benzene rings is 2. The highest BCUT2D eigenvalue weighted by Gasteiger charge is 2.13. The number of hydrogen-bond donors (Lipinski definition) is 0. The van der Waals surface area contributed by atoms with Gasteiger partial charge in [-0.3, -0.25) is 0 Å². The number of aryl methyl sites for hydroxylation is 1. The molecule has 0 spiro atoms. The molecule has 0 fully saturated rings. The van der Waals surface area contributed by atoms with Crippen LogP contribution in [0, 0.1) is 7.14 Å². The third-order valence-corrected chi connectivity index (χ3v) is 5.37. The SMILES string of the molecule is CCCCc1ccc([I+]c2ccccc2)cc1. The van der Waals surface area contributed by atoms with Crippen molar-refractivity contribution in [3.05, 3.63) is 67.3 Å². The van der Waals surface area contributed by atoms with E-state index < -0.39 is 0 Å². The number of rotatable bonds is 5. The first-order valence-electron chi connectivity index (χ1n) is 6.17. The van der Waals surface area contributed by atoms with Gasteiger partial charge in [-0.1, -0.05) is 43.7 Å². The highest BCUT2D eigenvalue weighted by Crippen LogP contribution is 2.03. The van der Waals surface area contributed by atoms with Crippen molar-refractivity contribution in [2.24, 2.45) is 0 Å². The lowest BCUT2D eigenvalue weighted by atomic mass is 10.1. The van der Waals surface area contributed by atoms with Gasteiger partial charge in [0.2, 0.25) is 0 Å². The normalized spacial score (nSPS) is 10.4. The van der Waals surface area contributed by atoms with E-state index in [4.69, 9.17) is 0 Å². The summed E-state index contributed by atoms with van der Waals surface area (Å²) in [6.45, 7) is 2.25. The van der Waals surface area contributed by atoms with Gasteiger partial charge >= 0.3 is 21.2 Å². The average Bonchev–Trinajstić information content (AvgIpc) is 2.39. The van der Waals surface area contributed by atoms with Crippen molar-refractivity contribution >= 4 is 0 Å². The molecule has 0 amide bonds. The molecule has 0 heterocycles. The van der Waals surface area contributed by atoms with Gasteiger partial charge in [0.1, 0.15) is 0 Å². The summed E-state index contributed by atoms with van der Waals surface area (Å²) in [5, 5.41) is 0. The first kappa shape index (κ1) is 12.6. The van der Waals surface area contributed by atoms with Gasteiger partial charge in [0.25, 0.3) is 0 Å². The van der Waals surface area contributed by atoms with Crippen LogP contribution in [-0.2, 0) is 6.42 Å². The van der Waals surface area contributed by atoms with E-state index in [0.29, 0.717) is 0 Å². The predicted octanol–water partition coefficient (Wildman–Crippen LogP) is 1.16. The van der Waals surface area contributed by atoms with Gasteiger partial charge < -0.3 is 0 Å². The Bertz CT molecular complexity index is 431. The Hall–Kier alpha value is -0.830. The molecule has 88 valence electrons. The van der Waals surface area contributed by atoms with Crippen molar-refractivity contribution in [3.8, 4) is 0 Å². The third kappa shape index (κ3) is 4.15. The number of hydrogen-bond acceptors (Lipinski definition) is 0. The molecule has 2 aromatic carbocycles. The molecule has 1 heteroatoms. The predicted molar refractivity (Wildman–Crippen MR) is 68.9 cm³/mol. The molecule has 0 N–H and O–H groups in total. The summed E-state index contributed by atoms with van der Waals surface area (Å²) in [5.74, 6) is 0. The molecule has 2 aromatic rings. The summed E-state index contributed by atoms with van der Waals surface area (Å²) in [7, 11) is 0. The highest BCUT2D eigenvalue weighted by molar-refractivity contribution is 5.14. The van der Waals surface area contributed by atoms with Crippen LogP contribution in [0.2, 0.25) is 0 Å². The first-order chi connectivity index (χ1) is 8.38. The zero-order valence-electron chi connectivity index (χ0n) is 10.2. The van der Waals surface area contributed by atoms with Crippen LogP contribution >= 0.6 is 0 Å². The Morgan fingerprint density at radius 3 is 2.12 bits per heavy atom. The van der Waals surface area contributed by atoms with Gasteiger partial charge in [-0.25, -0.2) is 0 Å². The van der Waals surface area contributed by atoms with E-state index in [-0.39, 0.29) is 21.2 Å². The van der Waals surface area contributed by atoms with Gasteiger partial charge in [0.15, 0.2) is 7.14 Å². The monoisotopic (exact) mass is 337 g/mol. The van der Waals surface area contributed by atoms with E-state index in [1.54, 1.807) is 0 Å². The highest BCUT2D eigenvalue weighted by atomic mass is 127. The molecule has 0 atom stereocenters. The van der Waals surface area contributed by atoms with Crippen LogP contribution in [0.25, 0.3) is 0 Å². The molecule has 0 saturated heterocycles. The maximum atomic E-state index is 2.31. The largest absolute Gasteiger partial charge is 0.357 e. The van der Waals surface area contributed by atoms with Crippen molar-refractivity contribution in [1.29, 1.82) is 0 Å². The van der Waals surface area contributed by atoms with Crippen molar-refractivity contribution in [1.82, 2.24) is 0 Å². The number of halogens is 1. The van der Waals surface area contributed by atoms with Crippen molar-refractivity contribution in [2.75, 3.05) is 0 Å². The minimum Gasteiger partial charge on any atom is -0.0654 e. The van der Waals surface area contributed by atoms with Crippen LogP contribution in [0.4, 0.5) is 0 Å². The maximum Gasteiger partial charge on any atom is 0.357 e. The van der Waals surface area contributed by atoms with Gasteiger partial charge in [0, 0.05) is 0 Å². The minimum atomic E-state index is 0.00234. The van der Waals surface area contributed by atoms with E-state index in [1.807, 2.05) is 0 Å². The fraction of sp³-hybridized carbons (Fsp3) is 0.250. The van der Waals surface area contributed by atoms with Crippen LogP contribution in [-0.4, -0.2) is 0 Å². The van der Waals surface area contributed by atoms with Crippen LogP contribution in [0.5, 0.6) is 0 Å². The van der Waals surface area contributed by atoms with E-state index in [9.17, 15) is 0 Å². The fourth-order valence-electron chi connectivity index (χ4n) is 1.70. The van der Waals surface area contributed by atoms with E-state index in [2.05, 4.69) is 61.5 Å². The van der Waals surface area contributed by atoms with Crippen LogP contribution in [0.1, 0.15) is 25.3 Å². The van der Waals surface area contributed by atoms with E-state index >= 15 is 0 Å². The molecule has 0 aliphatic rings. The summed E-state index contributed by atoms with van der Waals surface area (Å²) in [6, 6.07) is 20.0. The Kier molecular flexibility index (Phi) is 5.05. The molecule has 0 nitrogen and oxygen atoms in total. The molecule has 0 aromatic heterocycles. The molecule has 0 radical (unpaired) electrons. The summed E-state index contributed by atoms with van der Waals surface area (Å²) in [5.41, 5.74) is 1.48. The molecular formula is C16H18I+. The summed E-state index contributed by atoms with van der Waals surface area (Å²) < 4.78 is 3.00. The standard InChI is InChI=1S/C16H18I/c1-2-3-7-14-10-12-16(13-11-14)17-15-8-5-4-6-9-15/h4-6,8-13H,2-3,7H2,1H3/q+1. The third-order valence-electron chi connectivity index (χ3n) is 2.68. The van der Waals surface area contributed by atoms with Gasteiger partial charge in [-0.05, 0) is 42.7 Å². The van der Waals surface area contributed by atoms with Crippen molar-refractivity contribution < 1.29 is 21.2 Å². The second-order valence-electron chi connectivity index (χ2n) is 4.12. The molecule has 17 heavy (non-hydrogen) atoms. The lowest BCUT2D eigenvalue weighted by Gasteiger charge is -1.97. The van der Waals surface area contributed by atoms with Crippen LogP contribution in [0.3, 0.4) is 0 Å². The van der Waals surface area contributed by atoms with Gasteiger partial charge in [0.05, 0.1) is 0 Å². The maximum absolute atomic E-state index is 2.31. The Balaban J connectivity index is 1.98. The first-order valence-corrected chi connectivity index (χ1v) is 8.33. The lowest BCUT2D eigenvalue weighted by molar-refractivity contribution is -0.597. The molecule has 0 bridgehead atoms. The minimum absolute atomic E-state index is 0.00234. The molecule has 2 rings (SSSR count). The molecular weight excluding hydrogens is 319 g/mol. The second kappa shape index (κ2) is 6.80. The molecule has 0 aliphatic heterocycles. The number of unbranched alkanes of at least 4 members (excludes halogenated alkanes) is 1. The van der Waals surface area contributed by atoms with Gasteiger partial charge in [-0.15, -0.1) is 0 Å². The Labute approximate surface area is 114 Å². The Morgan fingerprint density at radius 2 is 1.47 bits per heavy atom. The lowest BCUT2D eigenvalue weighted by Crippen LogP contribution is -3.61. The zero-order chi connectivity index (χ0) is 11.9. The average molecular weight is 337 g/mol. The van der Waals surface area contributed by atoms with Gasteiger partial charge in [-0.2, -0.15) is 0 Å². The quantitative estimate of drug-likeness (QED) is 0.719. The molecule has 0 saturated carbocycles. The van der Waals surface area contributed by atoms with E-state index in [0.717, 1.165) is 0 Å². The fourth-order valence-corrected chi connectivity index (χ4v) is 3.91. The smallest absolute Gasteiger partial charge is 0.0654 e. The van der Waals surface area contributed by atoms with Crippen LogP contribution < -0.4 is 21.2 Å². The van der Waals surface area contributed by atoms with Crippen molar-refractivity contribution in [3.63, 3.8) is 0 Å². The Morgan fingerprint density at radius 1 is 0.824 bits per heavy atom. The molecule has 0 unspecified atom stereocenters.